The Bertz CT molecular complexity index is 514. The lowest BCUT2D eigenvalue weighted by Crippen LogP contribution is -2.27. The SMILES string of the molecule is COCCCN(C)CC(=O)c1cc2ccccc2o1. The third kappa shape index (κ3) is 3.66. The number of rotatable bonds is 7. The number of hydrogen-bond donors (Lipinski definition) is 0. The van der Waals surface area contributed by atoms with Gasteiger partial charge in [-0.25, -0.2) is 0 Å². The van der Waals surface area contributed by atoms with E-state index in [2.05, 4.69) is 0 Å². The molecule has 0 fully saturated rings. The highest BCUT2D eigenvalue weighted by molar-refractivity contribution is 5.98. The molecule has 0 amide bonds. The summed E-state index contributed by atoms with van der Waals surface area (Å²) in [6, 6.07) is 9.45. The maximum absolute atomic E-state index is 12.1. The topological polar surface area (TPSA) is 42.7 Å². The normalized spacial score (nSPS) is 11.3. The van der Waals surface area contributed by atoms with E-state index in [0.717, 1.165) is 23.9 Å². The Morgan fingerprint density at radius 1 is 1.37 bits per heavy atom. The summed E-state index contributed by atoms with van der Waals surface area (Å²) in [6.07, 6.45) is 0.917. The molecule has 0 radical (unpaired) electrons. The van der Waals surface area contributed by atoms with Gasteiger partial charge < -0.3 is 9.15 Å². The third-order valence-electron chi connectivity index (χ3n) is 3.00. The molecule has 0 aliphatic heterocycles. The van der Waals surface area contributed by atoms with Gasteiger partial charge in [-0.3, -0.25) is 9.69 Å². The van der Waals surface area contributed by atoms with Crippen molar-refractivity contribution in [3.8, 4) is 0 Å². The number of para-hydroxylation sites is 1. The molecule has 0 spiro atoms. The summed E-state index contributed by atoms with van der Waals surface area (Å²) in [4.78, 5) is 14.1. The van der Waals surface area contributed by atoms with Crippen molar-refractivity contribution < 1.29 is 13.9 Å². The molecule has 2 aromatic rings. The smallest absolute Gasteiger partial charge is 0.211 e. The molecule has 102 valence electrons. The summed E-state index contributed by atoms with van der Waals surface area (Å²) < 4.78 is 10.5. The number of nitrogens with zero attached hydrogens (tertiary/aromatic N) is 1. The third-order valence-corrected chi connectivity index (χ3v) is 3.00. The van der Waals surface area contributed by atoms with E-state index in [1.807, 2.05) is 36.2 Å². The van der Waals surface area contributed by atoms with Gasteiger partial charge in [0.2, 0.25) is 5.78 Å². The first kappa shape index (κ1) is 13.8. The molecule has 0 bridgehead atoms. The van der Waals surface area contributed by atoms with Gasteiger partial charge in [-0.2, -0.15) is 0 Å². The number of hydrogen-bond acceptors (Lipinski definition) is 4. The van der Waals surface area contributed by atoms with Crippen LogP contribution in [0.15, 0.2) is 34.7 Å². The molecule has 1 heterocycles. The number of carbonyl (C=O) groups is 1. The number of Topliss-reactive ketones (excluding diaryl/α,β-unsaturated/α-hetero) is 1. The van der Waals surface area contributed by atoms with Gasteiger partial charge in [0.25, 0.3) is 0 Å². The minimum atomic E-state index is 0.0103. The average molecular weight is 261 g/mol. The molecule has 0 unspecified atom stereocenters. The lowest BCUT2D eigenvalue weighted by Gasteiger charge is -2.14. The lowest BCUT2D eigenvalue weighted by molar-refractivity contribution is 0.0913. The summed E-state index contributed by atoms with van der Waals surface area (Å²) in [5.41, 5.74) is 0.757. The molecule has 0 atom stereocenters. The van der Waals surface area contributed by atoms with Crippen molar-refractivity contribution in [1.82, 2.24) is 4.90 Å². The van der Waals surface area contributed by atoms with Crippen LogP contribution in [0.1, 0.15) is 17.0 Å². The lowest BCUT2D eigenvalue weighted by atomic mass is 10.2. The number of benzene rings is 1. The summed E-state index contributed by atoms with van der Waals surface area (Å²) in [5, 5.41) is 0.966. The van der Waals surface area contributed by atoms with Gasteiger partial charge in [0, 0.05) is 25.6 Å². The van der Waals surface area contributed by atoms with E-state index in [4.69, 9.17) is 9.15 Å². The quantitative estimate of drug-likeness (QED) is 0.567. The predicted molar refractivity (Wildman–Crippen MR) is 74.5 cm³/mol. The number of furan rings is 1. The molecule has 0 aliphatic rings. The fraction of sp³-hybridized carbons (Fsp3) is 0.400. The monoisotopic (exact) mass is 261 g/mol. The second-order valence-corrected chi connectivity index (χ2v) is 4.66. The molecule has 0 N–H and O–H groups in total. The summed E-state index contributed by atoms with van der Waals surface area (Å²) >= 11 is 0. The fourth-order valence-corrected chi connectivity index (χ4v) is 2.00. The van der Waals surface area contributed by atoms with E-state index in [-0.39, 0.29) is 5.78 Å². The first-order chi connectivity index (χ1) is 9.20. The van der Waals surface area contributed by atoms with Crippen molar-refractivity contribution in [2.75, 3.05) is 33.9 Å². The molecule has 0 saturated carbocycles. The molecular formula is C15H19NO3. The van der Waals surface area contributed by atoms with Crippen LogP contribution in [0.3, 0.4) is 0 Å². The van der Waals surface area contributed by atoms with Gasteiger partial charge in [-0.05, 0) is 25.6 Å². The second-order valence-electron chi connectivity index (χ2n) is 4.66. The van der Waals surface area contributed by atoms with E-state index in [1.54, 1.807) is 13.2 Å². The molecule has 2 rings (SSSR count). The van der Waals surface area contributed by atoms with Crippen LogP contribution in [0.5, 0.6) is 0 Å². The molecule has 1 aromatic carbocycles. The number of methoxy groups -OCH3 is 1. The van der Waals surface area contributed by atoms with Gasteiger partial charge >= 0.3 is 0 Å². The van der Waals surface area contributed by atoms with Crippen molar-refractivity contribution in [3.05, 3.63) is 36.1 Å². The largest absolute Gasteiger partial charge is 0.453 e. The zero-order valence-corrected chi connectivity index (χ0v) is 11.4. The summed E-state index contributed by atoms with van der Waals surface area (Å²) in [6.45, 7) is 1.91. The van der Waals surface area contributed by atoms with E-state index >= 15 is 0 Å². The van der Waals surface area contributed by atoms with E-state index in [9.17, 15) is 4.79 Å². The van der Waals surface area contributed by atoms with Gasteiger partial charge in [-0.15, -0.1) is 0 Å². The zero-order valence-electron chi connectivity index (χ0n) is 11.4. The van der Waals surface area contributed by atoms with Crippen molar-refractivity contribution >= 4 is 16.8 Å². The average Bonchev–Trinajstić information content (AvgIpc) is 2.83. The Balaban J connectivity index is 1.95. The molecule has 0 saturated heterocycles. The van der Waals surface area contributed by atoms with E-state index in [0.29, 0.717) is 18.9 Å². The molecule has 1 aromatic heterocycles. The number of likely N-dealkylation sites (N-methyl/N-ethyl adjacent to an activating group) is 1. The maximum Gasteiger partial charge on any atom is 0.211 e. The Morgan fingerprint density at radius 3 is 2.89 bits per heavy atom. The zero-order chi connectivity index (χ0) is 13.7. The van der Waals surface area contributed by atoms with Gasteiger partial charge in [0.1, 0.15) is 5.58 Å². The molecular weight excluding hydrogens is 242 g/mol. The standard InChI is InChI=1S/C15H19NO3/c1-16(8-5-9-18-2)11-13(17)15-10-12-6-3-4-7-14(12)19-15/h3-4,6-7,10H,5,8-9,11H2,1-2H3. The summed E-state index contributed by atoms with van der Waals surface area (Å²) in [7, 11) is 3.61. The first-order valence-corrected chi connectivity index (χ1v) is 6.40. The fourth-order valence-electron chi connectivity index (χ4n) is 2.00. The number of carbonyl (C=O) groups excluding carboxylic acids is 1. The Kier molecular flexibility index (Phi) is 4.71. The molecule has 0 aliphatic carbocycles. The van der Waals surface area contributed by atoms with Crippen LogP contribution in [0.4, 0.5) is 0 Å². The molecule has 19 heavy (non-hydrogen) atoms. The molecule has 4 nitrogen and oxygen atoms in total. The van der Waals surface area contributed by atoms with Crippen molar-refractivity contribution in [3.63, 3.8) is 0 Å². The van der Waals surface area contributed by atoms with Gasteiger partial charge in [0.05, 0.1) is 6.54 Å². The minimum absolute atomic E-state index is 0.0103. The van der Waals surface area contributed by atoms with Crippen LogP contribution in [0.25, 0.3) is 11.0 Å². The molecule has 4 heteroatoms. The van der Waals surface area contributed by atoms with E-state index < -0.39 is 0 Å². The maximum atomic E-state index is 12.1. The van der Waals surface area contributed by atoms with Crippen LogP contribution >= 0.6 is 0 Å². The second kappa shape index (κ2) is 6.50. The van der Waals surface area contributed by atoms with Crippen molar-refractivity contribution in [2.45, 2.75) is 6.42 Å². The van der Waals surface area contributed by atoms with Gasteiger partial charge in [0.15, 0.2) is 5.76 Å². The van der Waals surface area contributed by atoms with Crippen LogP contribution < -0.4 is 0 Å². The van der Waals surface area contributed by atoms with Crippen LogP contribution in [0.2, 0.25) is 0 Å². The Morgan fingerprint density at radius 2 is 2.16 bits per heavy atom. The van der Waals surface area contributed by atoms with Crippen LogP contribution in [-0.2, 0) is 4.74 Å². The Hall–Kier alpha value is -1.65. The highest BCUT2D eigenvalue weighted by Gasteiger charge is 2.14. The minimum Gasteiger partial charge on any atom is -0.453 e. The predicted octanol–water partition coefficient (Wildman–Crippen LogP) is 2.58. The van der Waals surface area contributed by atoms with Gasteiger partial charge in [-0.1, -0.05) is 18.2 Å². The van der Waals surface area contributed by atoms with Crippen LogP contribution in [-0.4, -0.2) is 44.5 Å². The van der Waals surface area contributed by atoms with Crippen LogP contribution in [0, 0.1) is 0 Å². The highest BCUT2D eigenvalue weighted by atomic mass is 16.5. The summed E-state index contributed by atoms with van der Waals surface area (Å²) in [5.74, 6) is 0.441. The first-order valence-electron chi connectivity index (χ1n) is 6.40. The van der Waals surface area contributed by atoms with Crippen molar-refractivity contribution in [1.29, 1.82) is 0 Å². The number of ketones is 1. The number of fused-ring (bicyclic) bond motifs is 1. The highest BCUT2D eigenvalue weighted by Crippen LogP contribution is 2.19. The Labute approximate surface area is 112 Å². The van der Waals surface area contributed by atoms with E-state index in [1.165, 1.54) is 0 Å². The number of ether oxygens (including phenoxy) is 1. The van der Waals surface area contributed by atoms with Crippen molar-refractivity contribution in [2.24, 2.45) is 0 Å².